The van der Waals surface area contributed by atoms with E-state index in [-0.39, 0.29) is 5.91 Å². The fraction of sp³-hybridized carbons (Fsp3) is 0.280. The van der Waals surface area contributed by atoms with Crippen molar-refractivity contribution in [2.24, 2.45) is 0 Å². The average molecular weight is 431 g/mol. The molecule has 5 nitrogen and oxygen atoms in total. The third-order valence-corrected chi connectivity index (χ3v) is 7.18. The van der Waals surface area contributed by atoms with E-state index in [0.29, 0.717) is 12.5 Å². The smallest absolute Gasteiger partial charge is 0.261 e. The molecule has 1 atom stereocenters. The van der Waals surface area contributed by atoms with Gasteiger partial charge in [-0.2, -0.15) is 5.10 Å². The van der Waals surface area contributed by atoms with Crippen LogP contribution in [0.4, 0.5) is 0 Å². The molecular weight excluding hydrogens is 404 g/mol. The number of fused-ring (bicyclic) bond motifs is 1. The molecular formula is C25H26N4OS. The first-order valence-electron chi connectivity index (χ1n) is 10.8. The molecule has 3 heterocycles. The molecule has 0 bridgehead atoms. The summed E-state index contributed by atoms with van der Waals surface area (Å²) in [6, 6.07) is 18.5. The summed E-state index contributed by atoms with van der Waals surface area (Å²) >= 11 is 1.62. The molecule has 5 rings (SSSR count). The minimum atomic E-state index is 0.0428. The van der Waals surface area contributed by atoms with Crippen LogP contribution in [0.3, 0.4) is 0 Å². The Morgan fingerprint density at radius 3 is 2.77 bits per heavy atom. The van der Waals surface area contributed by atoms with E-state index in [1.807, 2.05) is 47.4 Å². The van der Waals surface area contributed by atoms with Crippen molar-refractivity contribution in [2.75, 3.05) is 26.7 Å². The topological polar surface area (TPSA) is 50.2 Å². The highest BCUT2D eigenvalue weighted by Gasteiger charge is 2.29. The number of rotatable bonds is 6. The van der Waals surface area contributed by atoms with Crippen LogP contribution in [0.2, 0.25) is 0 Å². The molecule has 31 heavy (non-hydrogen) atoms. The van der Waals surface area contributed by atoms with E-state index in [1.165, 1.54) is 15.6 Å². The third kappa shape index (κ3) is 4.13. The SMILES string of the molecule is CN1CC[C@@H](c2c(C(=O)NCCc3cnn(-c4ccccc4)c3)sc3ccccc23)C1. The minimum Gasteiger partial charge on any atom is -0.351 e. The Kier molecular flexibility index (Phi) is 5.57. The molecule has 0 spiro atoms. The van der Waals surface area contributed by atoms with Crippen LogP contribution in [0.25, 0.3) is 15.8 Å². The fourth-order valence-corrected chi connectivity index (χ4v) is 5.63. The maximum atomic E-state index is 13.2. The maximum Gasteiger partial charge on any atom is 0.261 e. The largest absolute Gasteiger partial charge is 0.351 e. The number of nitrogens with zero attached hydrogens (tertiary/aromatic N) is 3. The van der Waals surface area contributed by atoms with Crippen LogP contribution in [0.15, 0.2) is 67.0 Å². The van der Waals surface area contributed by atoms with E-state index < -0.39 is 0 Å². The molecule has 158 valence electrons. The van der Waals surface area contributed by atoms with Gasteiger partial charge < -0.3 is 10.2 Å². The second kappa shape index (κ2) is 8.65. The highest BCUT2D eigenvalue weighted by molar-refractivity contribution is 7.21. The van der Waals surface area contributed by atoms with Crippen molar-refractivity contribution in [1.82, 2.24) is 20.0 Å². The van der Waals surface area contributed by atoms with Gasteiger partial charge in [0, 0.05) is 29.9 Å². The number of benzene rings is 2. The molecule has 1 aliphatic heterocycles. The van der Waals surface area contributed by atoms with E-state index in [2.05, 4.69) is 46.6 Å². The number of hydrogen-bond donors (Lipinski definition) is 1. The van der Waals surface area contributed by atoms with Crippen LogP contribution < -0.4 is 5.32 Å². The van der Waals surface area contributed by atoms with Crippen molar-refractivity contribution in [3.8, 4) is 5.69 Å². The number of likely N-dealkylation sites (tertiary alicyclic amines) is 1. The van der Waals surface area contributed by atoms with Gasteiger partial charge in [0.25, 0.3) is 5.91 Å². The first-order valence-corrected chi connectivity index (χ1v) is 11.6. The highest BCUT2D eigenvalue weighted by atomic mass is 32.1. The van der Waals surface area contributed by atoms with Crippen LogP contribution in [-0.4, -0.2) is 47.3 Å². The molecule has 1 amide bonds. The first kappa shape index (κ1) is 20.0. The van der Waals surface area contributed by atoms with Gasteiger partial charge >= 0.3 is 0 Å². The third-order valence-electron chi connectivity index (χ3n) is 6.00. The lowest BCUT2D eigenvalue weighted by Crippen LogP contribution is -2.26. The highest BCUT2D eigenvalue weighted by Crippen LogP contribution is 2.39. The molecule has 2 aromatic carbocycles. The summed E-state index contributed by atoms with van der Waals surface area (Å²) in [7, 11) is 2.16. The number of amides is 1. The van der Waals surface area contributed by atoms with E-state index in [9.17, 15) is 4.79 Å². The van der Waals surface area contributed by atoms with Crippen LogP contribution in [-0.2, 0) is 6.42 Å². The minimum absolute atomic E-state index is 0.0428. The Morgan fingerprint density at radius 2 is 1.97 bits per heavy atom. The van der Waals surface area contributed by atoms with E-state index in [0.717, 1.165) is 42.1 Å². The molecule has 4 aromatic rings. The van der Waals surface area contributed by atoms with Crippen LogP contribution >= 0.6 is 11.3 Å². The standard InChI is InChI=1S/C25H26N4OS/c1-28-14-12-19(17-28)23-21-9-5-6-10-22(21)31-24(23)25(30)26-13-11-18-15-27-29(16-18)20-7-3-2-4-8-20/h2-10,15-16,19H,11-14,17H2,1H3,(H,26,30)/t19-/m1/s1. The lowest BCUT2D eigenvalue weighted by Gasteiger charge is -2.13. The molecule has 2 aromatic heterocycles. The van der Waals surface area contributed by atoms with Crippen molar-refractivity contribution < 1.29 is 4.79 Å². The first-order chi connectivity index (χ1) is 15.2. The van der Waals surface area contributed by atoms with E-state index >= 15 is 0 Å². The van der Waals surface area contributed by atoms with Gasteiger partial charge in [0.2, 0.25) is 0 Å². The predicted octanol–water partition coefficient (Wildman–Crippen LogP) is 4.48. The molecule has 1 aliphatic rings. The maximum absolute atomic E-state index is 13.2. The normalized spacial score (nSPS) is 16.7. The number of carbonyl (C=O) groups is 1. The second-order valence-corrected chi connectivity index (χ2v) is 9.28. The number of hydrogen-bond acceptors (Lipinski definition) is 4. The zero-order valence-electron chi connectivity index (χ0n) is 17.6. The molecule has 0 saturated carbocycles. The number of nitrogens with one attached hydrogen (secondary N) is 1. The molecule has 0 unspecified atom stereocenters. The quantitative estimate of drug-likeness (QED) is 0.491. The summed E-state index contributed by atoms with van der Waals surface area (Å²) in [5, 5.41) is 8.84. The lowest BCUT2D eigenvalue weighted by molar-refractivity contribution is 0.0957. The predicted molar refractivity (Wildman–Crippen MR) is 126 cm³/mol. The van der Waals surface area contributed by atoms with Gasteiger partial charge in [-0.25, -0.2) is 4.68 Å². The van der Waals surface area contributed by atoms with Gasteiger partial charge in [-0.15, -0.1) is 11.3 Å². The summed E-state index contributed by atoms with van der Waals surface area (Å²) in [5.41, 5.74) is 3.38. The van der Waals surface area contributed by atoms with Crippen LogP contribution in [0.1, 0.15) is 33.1 Å². The zero-order chi connectivity index (χ0) is 21.2. The number of likely N-dealkylation sites (N-methyl/N-ethyl adjacent to an activating group) is 1. The summed E-state index contributed by atoms with van der Waals surface area (Å²) in [4.78, 5) is 16.4. The second-order valence-electron chi connectivity index (χ2n) is 8.22. The van der Waals surface area contributed by atoms with E-state index in [4.69, 9.17) is 0 Å². The number of thiophene rings is 1. The van der Waals surface area contributed by atoms with Gasteiger partial charge in [0.15, 0.2) is 0 Å². The van der Waals surface area contributed by atoms with Gasteiger partial charge in [-0.05, 0) is 61.1 Å². The number of para-hydroxylation sites is 1. The summed E-state index contributed by atoms with van der Waals surface area (Å²) in [5.74, 6) is 0.465. The van der Waals surface area contributed by atoms with Crippen molar-refractivity contribution in [1.29, 1.82) is 0 Å². The van der Waals surface area contributed by atoms with Crippen molar-refractivity contribution in [3.63, 3.8) is 0 Å². The molecule has 1 fully saturated rings. The van der Waals surface area contributed by atoms with Gasteiger partial charge in [0.1, 0.15) is 0 Å². The van der Waals surface area contributed by atoms with Crippen molar-refractivity contribution in [2.45, 2.75) is 18.8 Å². The molecule has 0 aliphatic carbocycles. The Hall–Kier alpha value is -2.96. The van der Waals surface area contributed by atoms with Gasteiger partial charge in [-0.1, -0.05) is 36.4 Å². The van der Waals surface area contributed by atoms with Crippen molar-refractivity contribution >= 4 is 27.3 Å². The molecule has 6 heteroatoms. The Bertz CT molecular complexity index is 1200. The van der Waals surface area contributed by atoms with Crippen LogP contribution in [0, 0.1) is 0 Å². The number of carbonyl (C=O) groups excluding carboxylic acids is 1. The zero-order valence-corrected chi connectivity index (χ0v) is 18.4. The van der Waals surface area contributed by atoms with Crippen LogP contribution in [0.5, 0.6) is 0 Å². The monoisotopic (exact) mass is 430 g/mol. The molecule has 1 saturated heterocycles. The van der Waals surface area contributed by atoms with Crippen molar-refractivity contribution in [3.05, 3.63) is 83.0 Å². The Morgan fingerprint density at radius 1 is 1.16 bits per heavy atom. The average Bonchev–Trinajstić information content (AvgIpc) is 3.52. The summed E-state index contributed by atoms with van der Waals surface area (Å²) in [6.45, 7) is 2.69. The lowest BCUT2D eigenvalue weighted by atomic mass is 9.95. The molecule has 0 radical (unpaired) electrons. The summed E-state index contributed by atoms with van der Waals surface area (Å²) < 4.78 is 3.07. The number of aromatic nitrogens is 2. The fourth-order valence-electron chi connectivity index (χ4n) is 4.42. The summed E-state index contributed by atoms with van der Waals surface area (Å²) in [6.07, 6.45) is 5.76. The molecule has 1 N–H and O–H groups in total. The van der Waals surface area contributed by atoms with Gasteiger partial charge in [-0.3, -0.25) is 4.79 Å². The Balaban J connectivity index is 1.29. The van der Waals surface area contributed by atoms with E-state index in [1.54, 1.807) is 11.3 Å². The van der Waals surface area contributed by atoms with Gasteiger partial charge in [0.05, 0.1) is 16.8 Å². The Labute approximate surface area is 186 Å².